The Labute approximate surface area is 142 Å². The second kappa shape index (κ2) is 7.38. The van der Waals surface area contributed by atoms with Gasteiger partial charge in [0.15, 0.2) is 11.7 Å². The summed E-state index contributed by atoms with van der Waals surface area (Å²) in [6.45, 7) is 5.85. The summed E-state index contributed by atoms with van der Waals surface area (Å²) >= 11 is 0. The number of benzene rings is 1. The number of methoxy groups -OCH3 is 2. The lowest BCUT2D eigenvalue weighted by atomic mass is 10.1. The molecule has 130 valence electrons. The van der Waals surface area contributed by atoms with Crippen LogP contribution in [0.25, 0.3) is 11.3 Å². The Morgan fingerprint density at radius 1 is 1.25 bits per heavy atom. The van der Waals surface area contributed by atoms with Crippen molar-refractivity contribution >= 4 is 5.91 Å². The first-order chi connectivity index (χ1) is 11.3. The molecule has 1 heterocycles. The Bertz CT molecular complexity index is 701. The van der Waals surface area contributed by atoms with E-state index < -0.39 is 0 Å². The first-order valence-electron chi connectivity index (χ1n) is 7.80. The third kappa shape index (κ3) is 4.75. The molecule has 0 atom stereocenters. The lowest BCUT2D eigenvalue weighted by molar-refractivity contribution is -0.122. The summed E-state index contributed by atoms with van der Waals surface area (Å²) in [4.78, 5) is 16.1. The standard InChI is InChI=1S/C18H24N2O4/c1-18(2,3)20-16(21)8-9-17-19-11-15(24-17)13-7-6-12(22-4)10-14(13)23-5/h6-7,10-11H,8-9H2,1-5H3,(H,20,21). The van der Waals surface area contributed by atoms with Gasteiger partial charge in [-0.3, -0.25) is 4.79 Å². The van der Waals surface area contributed by atoms with E-state index in [2.05, 4.69) is 10.3 Å². The van der Waals surface area contributed by atoms with E-state index in [1.807, 2.05) is 32.9 Å². The molecule has 0 spiro atoms. The molecule has 0 unspecified atom stereocenters. The normalized spacial score (nSPS) is 11.2. The Morgan fingerprint density at radius 2 is 2.00 bits per heavy atom. The highest BCUT2D eigenvalue weighted by Crippen LogP contribution is 2.33. The third-order valence-electron chi connectivity index (χ3n) is 3.31. The monoisotopic (exact) mass is 332 g/mol. The van der Waals surface area contributed by atoms with Gasteiger partial charge in [0.1, 0.15) is 11.5 Å². The van der Waals surface area contributed by atoms with Crippen molar-refractivity contribution in [3.8, 4) is 22.8 Å². The molecule has 0 saturated heterocycles. The Balaban J connectivity index is 2.07. The van der Waals surface area contributed by atoms with Gasteiger partial charge in [0.05, 0.1) is 26.0 Å². The van der Waals surface area contributed by atoms with Gasteiger partial charge in [0.25, 0.3) is 0 Å². The summed E-state index contributed by atoms with van der Waals surface area (Å²) in [6.07, 6.45) is 2.42. The van der Waals surface area contributed by atoms with Crippen LogP contribution in [0.5, 0.6) is 11.5 Å². The van der Waals surface area contributed by atoms with Crippen molar-refractivity contribution in [3.63, 3.8) is 0 Å². The second-order valence-electron chi connectivity index (χ2n) is 6.48. The fourth-order valence-electron chi connectivity index (χ4n) is 2.25. The maximum absolute atomic E-state index is 11.9. The Morgan fingerprint density at radius 3 is 2.62 bits per heavy atom. The van der Waals surface area contributed by atoms with Gasteiger partial charge in [0.2, 0.25) is 5.91 Å². The summed E-state index contributed by atoms with van der Waals surface area (Å²) in [6, 6.07) is 5.47. The van der Waals surface area contributed by atoms with Crippen LogP contribution in [0.2, 0.25) is 0 Å². The summed E-state index contributed by atoms with van der Waals surface area (Å²) in [5.41, 5.74) is 0.547. The second-order valence-corrected chi connectivity index (χ2v) is 6.48. The average Bonchev–Trinajstić information content (AvgIpc) is 2.99. The quantitative estimate of drug-likeness (QED) is 0.879. The maximum atomic E-state index is 11.9. The topological polar surface area (TPSA) is 73.6 Å². The maximum Gasteiger partial charge on any atom is 0.220 e. The largest absolute Gasteiger partial charge is 0.497 e. The van der Waals surface area contributed by atoms with Crippen molar-refractivity contribution < 1.29 is 18.7 Å². The fourth-order valence-corrected chi connectivity index (χ4v) is 2.25. The van der Waals surface area contributed by atoms with Gasteiger partial charge in [-0.1, -0.05) is 0 Å². The molecule has 1 aromatic carbocycles. The van der Waals surface area contributed by atoms with Gasteiger partial charge in [0, 0.05) is 24.4 Å². The van der Waals surface area contributed by atoms with E-state index >= 15 is 0 Å². The van der Waals surface area contributed by atoms with Crippen molar-refractivity contribution in [2.24, 2.45) is 0 Å². The molecule has 0 aliphatic rings. The van der Waals surface area contributed by atoms with Crippen molar-refractivity contribution in [2.45, 2.75) is 39.2 Å². The number of hydrogen-bond donors (Lipinski definition) is 1. The molecule has 1 amide bonds. The van der Waals surface area contributed by atoms with Crippen LogP contribution in [0.1, 0.15) is 33.1 Å². The van der Waals surface area contributed by atoms with Crippen LogP contribution >= 0.6 is 0 Å². The minimum absolute atomic E-state index is 0.0238. The number of rotatable bonds is 6. The number of nitrogens with one attached hydrogen (secondary N) is 1. The number of ether oxygens (including phenoxy) is 2. The lowest BCUT2D eigenvalue weighted by Crippen LogP contribution is -2.40. The van der Waals surface area contributed by atoms with Crippen molar-refractivity contribution in [3.05, 3.63) is 30.3 Å². The minimum Gasteiger partial charge on any atom is -0.497 e. The van der Waals surface area contributed by atoms with Crippen LogP contribution in [0.4, 0.5) is 0 Å². The van der Waals surface area contributed by atoms with Crippen LogP contribution in [0.3, 0.4) is 0 Å². The molecule has 2 rings (SSSR count). The van der Waals surface area contributed by atoms with E-state index in [0.717, 1.165) is 5.56 Å². The average molecular weight is 332 g/mol. The molecule has 0 radical (unpaired) electrons. The number of aromatic nitrogens is 1. The van der Waals surface area contributed by atoms with E-state index in [-0.39, 0.29) is 11.4 Å². The minimum atomic E-state index is -0.241. The molecule has 0 saturated carbocycles. The van der Waals surface area contributed by atoms with Crippen LogP contribution in [0, 0.1) is 0 Å². The van der Waals surface area contributed by atoms with E-state index in [0.29, 0.717) is 36.0 Å². The molecular weight excluding hydrogens is 308 g/mol. The summed E-state index contributed by atoms with van der Waals surface area (Å²) in [7, 11) is 3.19. The molecule has 0 aliphatic carbocycles. The molecule has 1 N–H and O–H groups in total. The molecular formula is C18H24N2O4. The predicted molar refractivity (Wildman–Crippen MR) is 91.3 cm³/mol. The highest BCUT2D eigenvalue weighted by atomic mass is 16.5. The van der Waals surface area contributed by atoms with Crippen LogP contribution in [-0.2, 0) is 11.2 Å². The molecule has 2 aromatic rings. The van der Waals surface area contributed by atoms with Gasteiger partial charge >= 0.3 is 0 Å². The molecule has 24 heavy (non-hydrogen) atoms. The van der Waals surface area contributed by atoms with E-state index in [1.54, 1.807) is 26.5 Å². The zero-order valence-corrected chi connectivity index (χ0v) is 14.8. The van der Waals surface area contributed by atoms with E-state index in [1.165, 1.54) is 0 Å². The highest BCUT2D eigenvalue weighted by molar-refractivity contribution is 5.76. The summed E-state index contributed by atoms with van der Waals surface area (Å²) in [5.74, 6) is 2.44. The van der Waals surface area contributed by atoms with Gasteiger partial charge in [-0.05, 0) is 32.9 Å². The zero-order chi connectivity index (χ0) is 17.7. The fraction of sp³-hybridized carbons (Fsp3) is 0.444. The summed E-state index contributed by atoms with van der Waals surface area (Å²) < 4.78 is 16.3. The van der Waals surface area contributed by atoms with Gasteiger partial charge in [-0.2, -0.15) is 0 Å². The predicted octanol–water partition coefficient (Wildman–Crippen LogP) is 3.21. The molecule has 0 bridgehead atoms. The number of amides is 1. The molecule has 0 fully saturated rings. The Kier molecular flexibility index (Phi) is 5.49. The van der Waals surface area contributed by atoms with Crippen LogP contribution < -0.4 is 14.8 Å². The Hall–Kier alpha value is -2.50. The summed E-state index contributed by atoms with van der Waals surface area (Å²) in [5, 5.41) is 2.92. The third-order valence-corrected chi connectivity index (χ3v) is 3.31. The number of oxazole rings is 1. The smallest absolute Gasteiger partial charge is 0.220 e. The van der Waals surface area contributed by atoms with Crippen LogP contribution in [0.15, 0.2) is 28.8 Å². The van der Waals surface area contributed by atoms with Crippen molar-refractivity contribution in [1.29, 1.82) is 0 Å². The van der Waals surface area contributed by atoms with Crippen molar-refractivity contribution in [1.82, 2.24) is 10.3 Å². The molecule has 6 nitrogen and oxygen atoms in total. The molecule has 1 aromatic heterocycles. The highest BCUT2D eigenvalue weighted by Gasteiger charge is 2.16. The van der Waals surface area contributed by atoms with E-state index in [4.69, 9.17) is 13.9 Å². The lowest BCUT2D eigenvalue weighted by Gasteiger charge is -2.20. The number of carbonyl (C=O) groups excluding carboxylic acids is 1. The number of nitrogens with zero attached hydrogens (tertiary/aromatic N) is 1. The SMILES string of the molecule is COc1ccc(-c2cnc(CCC(=O)NC(C)(C)C)o2)c(OC)c1. The van der Waals surface area contributed by atoms with E-state index in [9.17, 15) is 4.79 Å². The first-order valence-corrected chi connectivity index (χ1v) is 7.80. The zero-order valence-electron chi connectivity index (χ0n) is 14.8. The van der Waals surface area contributed by atoms with Gasteiger partial charge in [-0.25, -0.2) is 4.98 Å². The van der Waals surface area contributed by atoms with Crippen LogP contribution in [-0.4, -0.2) is 30.6 Å². The first kappa shape index (κ1) is 17.8. The van der Waals surface area contributed by atoms with Crippen molar-refractivity contribution in [2.75, 3.05) is 14.2 Å². The molecule has 0 aliphatic heterocycles. The van der Waals surface area contributed by atoms with Gasteiger partial charge in [-0.15, -0.1) is 0 Å². The number of aryl methyl sites for hydroxylation is 1. The number of carbonyl (C=O) groups is 1. The number of hydrogen-bond acceptors (Lipinski definition) is 5. The van der Waals surface area contributed by atoms with Gasteiger partial charge < -0.3 is 19.2 Å². The molecule has 6 heteroatoms.